The highest BCUT2D eigenvalue weighted by atomic mass is 32.1. The average molecular weight is 402 g/mol. The van der Waals surface area contributed by atoms with Crippen LogP contribution < -0.4 is 24.4 Å². The first kappa shape index (κ1) is 16.9. The minimum atomic E-state index is -1.48. The molecule has 2 aromatic heterocycles. The summed E-state index contributed by atoms with van der Waals surface area (Å²) in [5.74, 6) is 2.97. The second-order valence-corrected chi connectivity index (χ2v) is 7.97. The molecule has 0 bridgehead atoms. The van der Waals surface area contributed by atoms with E-state index in [1.165, 1.54) is 0 Å². The molecule has 27 heavy (non-hydrogen) atoms. The molecule has 9 heteroatoms. The van der Waals surface area contributed by atoms with Crippen molar-refractivity contribution in [2.45, 2.75) is 0 Å². The maximum atomic E-state index is 9.31. The lowest BCUT2D eigenvalue weighted by molar-refractivity contribution is 0.172. The molecule has 5 rings (SSSR count). The van der Waals surface area contributed by atoms with E-state index in [0.717, 1.165) is 43.2 Å². The number of ether oxygens (including phenoxy) is 4. The smallest absolute Gasteiger partial charge is 0.485 e. The van der Waals surface area contributed by atoms with Crippen LogP contribution in [-0.2, 0) is 0 Å². The molecular weight excluding hydrogens is 387 g/mol. The van der Waals surface area contributed by atoms with Crippen molar-refractivity contribution in [2.24, 2.45) is 0 Å². The van der Waals surface area contributed by atoms with Crippen LogP contribution in [0.5, 0.6) is 23.0 Å². The van der Waals surface area contributed by atoms with Crippen molar-refractivity contribution in [1.82, 2.24) is 0 Å². The van der Waals surface area contributed by atoms with Crippen molar-refractivity contribution >= 4 is 35.3 Å². The van der Waals surface area contributed by atoms with Crippen molar-refractivity contribution in [3.8, 4) is 43.2 Å². The summed E-state index contributed by atoms with van der Waals surface area (Å²) in [5.41, 5.74) is 1.37. The molecule has 0 fully saturated rings. The van der Waals surface area contributed by atoms with E-state index >= 15 is 0 Å². The van der Waals surface area contributed by atoms with Crippen LogP contribution >= 0.6 is 22.7 Å². The predicted octanol–water partition coefficient (Wildman–Crippen LogP) is 2.37. The molecule has 1 aromatic carbocycles. The van der Waals surface area contributed by atoms with Crippen molar-refractivity contribution in [3.05, 3.63) is 29.6 Å². The van der Waals surface area contributed by atoms with Crippen LogP contribution in [0.4, 0.5) is 0 Å². The molecule has 0 amide bonds. The summed E-state index contributed by atoms with van der Waals surface area (Å²) >= 11 is 3.14. The molecule has 0 unspecified atom stereocenters. The van der Waals surface area contributed by atoms with Crippen LogP contribution in [-0.4, -0.2) is 43.6 Å². The number of thiophene rings is 2. The van der Waals surface area contributed by atoms with E-state index < -0.39 is 7.12 Å². The van der Waals surface area contributed by atoms with Gasteiger partial charge in [-0.3, -0.25) is 0 Å². The van der Waals surface area contributed by atoms with Gasteiger partial charge in [-0.2, -0.15) is 0 Å². The van der Waals surface area contributed by atoms with Gasteiger partial charge >= 0.3 is 7.12 Å². The van der Waals surface area contributed by atoms with Crippen molar-refractivity contribution < 1.29 is 29.0 Å². The minimum absolute atomic E-state index is 0.444. The third-order valence-electron chi connectivity index (χ3n) is 4.38. The lowest BCUT2D eigenvalue weighted by atomic mass is 9.80. The second kappa shape index (κ2) is 6.76. The maximum absolute atomic E-state index is 9.31. The van der Waals surface area contributed by atoms with Gasteiger partial charge < -0.3 is 29.0 Å². The Kier molecular flexibility index (Phi) is 4.24. The molecule has 0 saturated carbocycles. The molecule has 3 aromatic rings. The lowest BCUT2D eigenvalue weighted by Gasteiger charge is -2.18. The van der Waals surface area contributed by atoms with Gasteiger partial charge in [0.1, 0.15) is 26.4 Å². The highest BCUT2D eigenvalue weighted by molar-refractivity contribution is 7.24. The van der Waals surface area contributed by atoms with Gasteiger partial charge in [0, 0.05) is 5.38 Å². The molecule has 0 radical (unpaired) electrons. The summed E-state index contributed by atoms with van der Waals surface area (Å²) in [5, 5.41) is 20.6. The van der Waals surface area contributed by atoms with E-state index in [4.69, 9.17) is 18.9 Å². The third kappa shape index (κ3) is 2.87. The number of fused-ring (bicyclic) bond motifs is 2. The topological polar surface area (TPSA) is 77.4 Å². The molecule has 0 aliphatic carbocycles. The van der Waals surface area contributed by atoms with Crippen LogP contribution in [0.15, 0.2) is 29.6 Å². The maximum Gasteiger partial charge on any atom is 0.488 e. The highest BCUT2D eigenvalue weighted by Gasteiger charge is 2.30. The number of benzene rings is 1. The molecule has 2 aliphatic heterocycles. The fourth-order valence-corrected chi connectivity index (χ4v) is 5.38. The normalized spacial score (nSPS) is 14.9. The summed E-state index contributed by atoms with van der Waals surface area (Å²) in [7, 11) is -1.48. The lowest BCUT2D eigenvalue weighted by Crippen LogP contribution is -2.29. The third-order valence-corrected chi connectivity index (χ3v) is 6.68. The first-order valence-electron chi connectivity index (χ1n) is 8.48. The van der Waals surface area contributed by atoms with Crippen LogP contribution in [0.3, 0.4) is 0 Å². The molecule has 138 valence electrons. The Labute approximate surface area is 163 Å². The van der Waals surface area contributed by atoms with Crippen molar-refractivity contribution in [2.75, 3.05) is 26.4 Å². The summed E-state index contributed by atoms with van der Waals surface area (Å²) in [6, 6.07) is 7.09. The van der Waals surface area contributed by atoms with Gasteiger partial charge in [-0.05, 0) is 11.0 Å². The molecule has 2 N–H and O–H groups in total. The molecular formula is C18H15BO6S2. The second-order valence-electron chi connectivity index (χ2n) is 6.07. The van der Waals surface area contributed by atoms with Gasteiger partial charge in [-0.1, -0.05) is 24.3 Å². The molecule has 2 aliphatic rings. The Balaban J connectivity index is 1.63. The quantitative estimate of drug-likeness (QED) is 0.656. The van der Waals surface area contributed by atoms with E-state index in [0.29, 0.717) is 31.9 Å². The number of rotatable bonds is 3. The van der Waals surface area contributed by atoms with Gasteiger partial charge in [0.2, 0.25) is 0 Å². The Hall–Kier alpha value is -2.20. The largest absolute Gasteiger partial charge is 0.488 e. The summed E-state index contributed by atoms with van der Waals surface area (Å²) in [4.78, 5) is 2.88. The fraction of sp³-hybridized carbons (Fsp3) is 0.222. The van der Waals surface area contributed by atoms with Gasteiger partial charge in [-0.15, -0.1) is 22.7 Å². The van der Waals surface area contributed by atoms with Gasteiger partial charge in [0.25, 0.3) is 0 Å². The zero-order valence-corrected chi connectivity index (χ0v) is 15.8. The average Bonchev–Trinajstić information content (AvgIpc) is 3.29. The molecule has 0 spiro atoms. The summed E-state index contributed by atoms with van der Waals surface area (Å²) in [6.45, 7) is 2.07. The van der Waals surface area contributed by atoms with Crippen LogP contribution in [0.25, 0.3) is 20.2 Å². The van der Waals surface area contributed by atoms with Gasteiger partial charge in [0.05, 0.1) is 14.6 Å². The molecule has 6 nitrogen and oxygen atoms in total. The van der Waals surface area contributed by atoms with Crippen molar-refractivity contribution in [1.29, 1.82) is 0 Å². The van der Waals surface area contributed by atoms with E-state index in [9.17, 15) is 10.0 Å². The Morgan fingerprint density at radius 1 is 0.741 bits per heavy atom. The number of hydrogen-bond acceptors (Lipinski definition) is 8. The zero-order valence-electron chi connectivity index (χ0n) is 14.1. The Bertz CT molecular complexity index is 979. The molecule has 4 heterocycles. The standard InChI is InChI=1S/C18H15BO6S2/c20-19(21)11-3-1-10(2-4-11)16-14-15(25-8-7-24-14)18(27-16)17-13-12(9-26-17)22-5-6-23-13/h1-4,9,20-21H,5-8H2. The monoisotopic (exact) mass is 402 g/mol. The van der Waals surface area contributed by atoms with Gasteiger partial charge in [-0.25, -0.2) is 0 Å². The fourth-order valence-electron chi connectivity index (χ4n) is 3.12. The van der Waals surface area contributed by atoms with Crippen molar-refractivity contribution in [3.63, 3.8) is 0 Å². The summed E-state index contributed by atoms with van der Waals surface area (Å²) < 4.78 is 23.4. The zero-order chi connectivity index (χ0) is 18.4. The SMILES string of the molecule is OB(O)c1ccc(-c2sc(-c3scc4c3OCCO4)c3c2OCCO3)cc1. The van der Waals surface area contributed by atoms with E-state index in [2.05, 4.69) is 0 Å². The summed E-state index contributed by atoms with van der Waals surface area (Å²) in [6.07, 6.45) is 0. The Morgan fingerprint density at radius 2 is 1.37 bits per heavy atom. The van der Waals surface area contributed by atoms with Crippen LogP contribution in [0, 0.1) is 0 Å². The molecule has 0 atom stereocenters. The van der Waals surface area contributed by atoms with Gasteiger partial charge in [0.15, 0.2) is 23.0 Å². The van der Waals surface area contributed by atoms with E-state index in [-0.39, 0.29) is 0 Å². The number of hydrogen-bond donors (Lipinski definition) is 2. The molecule has 0 saturated heterocycles. The van der Waals surface area contributed by atoms with Crippen LogP contribution in [0.1, 0.15) is 0 Å². The first-order chi connectivity index (χ1) is 13.2. The predicted molar refractivity (Wildman–Crippen MR) is 105 cm³/mol. The Morgan fingerprint density at radius 3 is 2.07 bits per heavy atom. The minimum Gasteiger partial charge on any atom is -0.485 e. The van der Waals surface area contributed by atoms with E-state index in [1.807, 2.05) is 17.5 Å². The highest BCUT2D eigenvalue weighted by Crippen LogP contribution is 2.58. The van der Waals surface area contributed by atoms with E-state index in [1.54, 1.807) is 34.8 Å². The first-order valence-corrected chi connectivity index (χ1v) is 10.2. The van der Waals surface area contributed by atoms with Crippen LogP contribution in [0.2, 0.25) is 0 Å².